The number of H-pyrrole nitrogens is 1. The zero-order valence-corrected chi connectivity index (χ0v) is 18.7. The van der Waals surface area contributed by atoms with E-state index in [1.165, 1.54) is 17.3 Å². The SMILES string of the molecule is CCCCN(C(=O)CSc1nc(Cc2ccccc2)c(C)[nH]1)C1CCS(=O)(=O)C1. The minimum Gasteiger partial charge on any atom is -0.338 e. The van der Waals surface area contributed by atoms with Gasteiger partial charge in [-0.1, -0.05) is 55.4 Å². The van der Waals surface area contributed by atoms with Crippen LogP contribution in [0.4, 0.5) is 0 Å². The van der Waals surface area contributed by atoms with Crippen LogP contribution in [-0.4, -0.2) is 59.0 Å². The van der Waals surface area contributed by atoms with Crippen molar-refractivity contribution in [3.63, 3.8) is 0 Å². The normalized spacial score (nSPS) is 18.1. The number of carbonyl (C=O) groups excluding carboxylic acids is 1. The van der Waals surface area contributed by atoms with Crippen LogP contribution in [-0.2, 0) is 21.1 Å². The van der Waals surface area contributed by atoms with E-state index in [0.29, 0.717) is 13.0 Å². The molecule has 0 spiro atoms. The number of unbranched alkanes of at least 4 members (excludes halogenated alkanes) is 1. The maximum absolute atomic E-state index is 12.9. The maximum Gasteiger partial charge on any atom is 0.233 e. The lowest BCUT2D eigenvalue weighted by molar-refractivity contribution is -0.130. The number of benzene rings is 1. The third-order valence-electron chi connectivity index (χ3n) is 5.23. The standard InChI is InChI=1S/C21H29N3O3S2/c1-3-4-11-24(18-10-12-29(26,27)15-18)20(25)14-28-21-22-16(2)19(23-21)13-17-8-6-5-7-9-17/h5-9,18H,3-4,10-15H2,1-2H3,(H,22,23). The second-order valence-corrected chi connectivity index (χ2v) is 10.8. The van der Waals surface area contributed by atoms with Crippen molar-refractivity contribution >= 4 is 27.5 Å². The molecule has 8 heteroatoms. The maximum atomic E-state index is 12.9. The molecule has 2 aromatic rings. The number of hydrogen-bond donors (Lipinski definition) is 1. The molecule has 158 valence electrons. The van der Waals surface area contributed by atoms with Gasteiger partial charge in [0, 0.05) is 24.7 Å². The Labute approximate surface area is 177 Å². The van der Waals surface area contributed by atoms with E-state index in [-0.39, 0.29) is 29.2 Å². The first-order valence-electron chi connectivity index (χ1n) is 10.1. The quantitative estimate of drug-likeness (QED) is 0.612. The fraction of sp³-hybridized carbons (Fsp3) is 0.524. The Morgan fingerprint density at radius 1 is 1.31 bits per heavy atom. The molecule has 1 aliphatic rings. The highest BCUT2D eigenvalue weighted by atomic mass is 32.2. The second-order valence-electron chi connectivity index (χ2n) is 7.56. The molecule has 6 nitrogen and oxygen atoms in total. The summed E-state index contributed by atoms with van der Waals surface area (Å²) in [4.78, 5) is 22.6. The van der Waals surface area contributed by atoms with Crippen LogP contribution in [0.15, 0.2) is 35.5 Å². The molecule has 1 atom stereocenters. The predicted molar refractivity (Wildman–Crippen MR) is 117 cm³/mol. The number of amides is 1. The molecule has 0 saturated carbocycles. The molecule has 1 aliphatic heterocycles. The van der Waals surface area contributed by atoms with E-state index in [2.05, 4.69) is 29.0 Å². The highest BCUT2D eigenvalue weighted by Crippen LogP contribution is 2.23. The first kappa shape index (κ1) is 21.9. The van der Waals surface area contributed by atoms with Crippen molar-refractivity contribution in [2.24, 2.45) is 0 Å². The van der Waals surface area contributed by atoms with Crippen molar-refractivity contribution in [2.45, 2.75) is 50.7 Å². The number of thioether (sulfide) groups is 1. The van der Waals surface area contributed by atoms with Gasteiger partial charge in [0.2, 0.25) is 5.91 Å². The summed E-state index contributed by atoms with van der Waals surface area (Å²) in [6.07, 6.45) is 3.15. The van der Waals surface area contributed by atoms with E-state index in [9.17, 15) is 13.2 Å². The Balaban J connectivity index is 1.61. The van der Waals surface area contributed by atoms with Gasteiger partial charge in [0.25, 0.3) is 0 Å². The Hall–Kier alpha value is -1.80. The van der Waals surface area contributed by atoms with Gasteiger partial charge in [-0.2, -0.15) is 0 Å². The van der Waals surface area contributed by atoms with E-state index in [0.717, 1.165) is 35.8 Å². The summed E-state index contributed by atoms with van der Waals surface area (Å²) in [6.45, 7) is 4.68. The fourth-order valence-electron chi connectivity index (χ4n) is 3.57. The number of hydrogen-bond acceptors (Lipinski definition) is 5. The molecule has 29 heavy (non-hydrogen) atoms. The van der Waals surface area contributed by atoms with Crippen molar-refractivity contribution < 1.29 is 13.2 Å². The van der Waals surface area contributed by atoms with Gasteiger partial charge in [0.1, 0.15) is 0 Å². The summed E-state index contributed by atoms with van der Waals surface area (Å²) in [5, 5.41) is 0.733. The van der Waals surface area contributed by atoms with E-state index in [4.69, 9.17) is 0 Å². The van der Waals surface area contributed by atoms with Gasteiger partial charge < -0.3 is 9.88 Å². The number of sulfone groups is 1. The monoisotopic (exact) mass is 435 g/mol. The Morgan fingerprint density at radius 2 is 2.07 bits per heavy atom. The van der Waals surface area contributed by atoms with Gasteiger partial charge >= 0.3 is 0 Å². The van der Waals surface area contributed by atoms with Crippen molar-refractivity contribution in [3.05, 3.63) is 47.3 Å². The lowest BCUT2D eigenvalue weighted by Crippen LogP contribution is -2.42. The van der Waals surface area contributed by atoms with Crippen molar-refractivity contribution in [1.29, 1.82) is 0 Å². The van der Waals surface area contributed by atoms with Crippen LogP contribution in [0.3, 0.4) is 0 Å². The number of carbonyl (C=O) groups is 1. The number of nitrogens with zero attached hydrogens (tertiary/aromatic N) is 2. The molecule has 1 unspecified atom stereocenters. The van der Waals surface area contributed by atoms with Crippen LogP contribution in [0.2, 0.25) is 0 Å². The zero-order chi connectivity index (χ0) is 20.9. The summed E-state index contributed by atoms with van der Waals surface area (Å²) in [7, 11) is -3.02. The van der Waals surface area contributed by atoms with Crippen LogP contribution >= 0.6 is 11.8 Å². The Kier molecular flexibility index (Phi) is 7.40. The molecule has 1 aromatic heterocycles. The minimum absolute atomic E-state index is 0.00999. The van der Waals surface area contributed by atoms with Crippen LogP contribution in [0.5, 0.6) is 0 Å². The molecule has 1 aromatic carbocycles. The second kappa shape index (κ2) is 9.80. The molecule has 3 rings (SSSR count). The van der Waals surface area contributed by atoms with Crippen molar-refractivity contribution in [1.82, 2.24) is 14.9 Å². The molecule has 0 bridgehead atoms. The molecule has 1 fully saturated rings. The molecular formula is C21H29N3O3S2. The molecular weight excluding hydrogens is 406 g/mol. The van der Waals surface area contributed by atoms with Crippen LogP contribution in [0, 0.1) is 6.92 Å². The average Bonchev–Trinajstić information content (AvgIpc) is 3.23. The van der Waals surface area contributed by atoms with Gasteiger partial charge in [-0.15, -0.1) is 0 Å². The number of aromatic amines is 1. The topological polar surface area (TPSA) is 83.1 Å². The zero-order valence-electron chi connectivity index (χ0n) is 17.1. The van der Waals surface area contributed by atoms with E-state index < -0.39 is 9.84 Å². The summed E-state index contributed by atoms with van der Waals surface area (Å²) in [5.74, 6) is 0.525. The molecule has 0 aliphatic carbocycles. The minimum atomic E-state index is -3.02. The van der Waals surface area contributed by atoms with E-state index in [1.54, 1.807) is 4.90 Å². The largest absolute Gasteiger partial charge is 0.338 e. The molecule has 1 saturated heterocycles. The number of aromatic nitrogens is 2. The van der Waals surface area contributed by atoms with Gasteiger partial charge in [-0.3, -0.25) is 4.79 Å². The van der Waals surface area contributed by atoms with Gasteiger partial charge in [0.15, 0.2) is 15.0 Å². The summed E-state index contributed by atoms with van der Waals surface area (Å²) >= 11 is 1.39. The lowest BCUT2D eigenvalue weighted by Gasteiger charge is -2.28. The number of rotatable bonds is 9. The number of imidazole rings is 1. The smallest absolute Gasteiger partial charge is 0.233 e. The highest BCUT2D eigenvalue weighted by molar-refractivity contribution is 7.99. The first-order valence-corrected chi connectivity index (χ1v) is 12.9. The fourth-order valence-corrected chi connectivity index (χ4v) is 6.13. The highest BCUT2D eigenvalue weighted by Gasteiger charge is 2.34. The molecule has 2 heterocycles. The molecule has 1 N–H and O–H groups in total. The van der Waals surface area contributed by atoms with Crippen molar-refractivity contribution in [3.8, 4) is 0 Å². The molecule has 0 radical (unpaired) electrons. The summed E-state index contributed by atoms with van der Waals surface area (Å²) < 4.78 is 23.7. The summed E-state index contributed by atoms with van der Waals surface area (Å²) in [6, 6.07) is 9.98. The van der Waals surface area contributed by atoms with Gasteiger partial charge in [0.05, 0.1) is 23.0 Å². The molecule has 1 amide bonds. The predicted octanol–water partition coefficient (Wildman–Crippen LogP) is 3.22. The van der Waals surface area contributed by atoms with Crippen LogP contribution in [0.1, 0.15) is 43.1 Å². The number of nitrogens with one attached hydrogen (secondary N) is 1. The van der Waals surface area contributed by atoms with Crippen LogP contribution in [0.25, 0.3) is 0 Å². The summed E-state index contributed by atoms with van der Waals surface area (Å²) in [5.41, 5.74) is 3.19. The van der Waals surface area contributed by atoms with E-state index in [1.807, 2.05) is 25.1 Å². The lowest BCUT2D eigenvalue weighted by atomic mass is 10.1. The average molecular weight is 436 g/mol. The van der Waals surface area contributed by atoms with Crippen molar-refractivity contribution in [2.75, 3.05) is 23.8 Å². The third kappa shape index (κ3) is 6.09. The Bertz CT molecular complexity index is 926. The number of aryl methyl sites for hydroxylation is 1. The third-order valence-corrected chi connectivity index (χ3v) is 7.84. The first-order chi connectivity index (χ1) is 13.9. The Morgan fingerprint density at radius 3 is 2.72 bits per heavy atom. The van der Waals surface area contributed by atoms with Crippen LogP contribution < -0.4 is 0 Å². The van der Waals surface area contributed by atoms with Gasteiger partial charge in [-0.25, -0.2) is 13.4 Å². The van der Waals surface area contributed by atoms with E-state index >= 15 is 0 Å². The van der Waals surface area contributed by atoms with Gasteiger partial charge in [-0.05, 0) is 25.3 Å².